The zero-order chi connectivity index (χ0) is 23.7. The number of nitrogens with one attached hydrogen (secondary N) is 2. The van der Waals surface area contributed by atoms with Crippen molar-refractivity contribution in [1.82, 2.24) is 0 Å². The molecule has 2 heterocycles. The Kier molecular flexibility index (Phi) is 5.51. The predicted octanol–water partition coefficient (Wildman–Crippen LogP) is 3.42. The van der Waals surface area contributed by atoms with Crippen molar-refractivity contribution in [2.24, 2.45) is 0 Å². The number of para-hydroxylation sites is 1. The smallest absolute Gasteiger partial charge is 0.268 e. The number of benzene rings is 3. The van der Waals surface area contributed by atoms with E-state index in [1.54, 1.807) is 55.5 Å². The fraction of sp³-hybridized carbons (Fsp3) is 0.160. The molecule has 0 saturated carbocycles. The van der Waals surface area contributed by atoms with Crippen molar-refractivity contribution in [3.05, 3.63) is 72.3 Å². The first-order valence-corrected chi connectivity index (χ1v) is 10.7. The molecule has 5 rings (SSSR count). The lowest BCUT2D eigenvalue weighted by Crippen LogP contribution is -2.47. The molecule has 2 N–H and O–H groups in total. The summed E-state index contributed by atoms with van der Waals surface area (Å²) in [5, 5.41) is 5.59. The van der Waals surface area contributed by atoms with E-state index in [1.807, 2.05) is 18.2 Å². The van der Waals surface area contributed by atoms with Crippen molar-refractivity contribution in [3.8, 4) is 17.2 Å². The maximum atomic E-state index is 12.8. The molecule has 0 aliphatic carbocycles. The third-order valence-corrected chi connectivity index (χ3v) is 5.42. The molecular formula is C25H21N3O6. The molecule has 172 valence electrons. The SMILES string of the molecule is CC1Oc2ccc(NC(=O)c3ccc4c(c3)OCO4)cc2N(CC(=O)Nc2ccccc2)C1=O. The Hall–Kier alpha value is -4.53. The summed E-state index contributed by atoms with van der Waals surface area (Å²) in [6.07, 6.45) is -0.744. The molecule has 0 fully saturated rings. The quantitative estimate of drug-likeness (QED) is 0.606. The molecule has 0 aromatic heterocycles. The predicted molar refractivity (Wildman–Crippen MR) is 124 cm³/mol. The monoisotopic (exact) mass is 459 g/mol. The molecule has 0 bridgehead atoms. The van der Waals surface area contributed by atoms with Gasteiger partial charge < -0.3 is 24.8 Å². The number of fused-ring (bicyclic) bond motifs is 2. The lowest BCUT2D eigenvalue weighted by Gasteiger charge is -2.33. The van der Waals surface area contributed by atoms with Crippen LogP contribution in [0.15, 0.2) is 66.7 Å². The average molecular weight is 459 g/mol. The van der Waals surface area contributed by atoms with Gasteiger partial charge in [0.05, 0.1) is 5.69 Å². The fourth-order valence-corrected chi connectivity index (χ4v) is 3.75. The Morgan fingerprint density at radius 3 is 2.50 bits per heavy atom. The molecule has 1 unspecified atom stereocenters. The van der Waals surface area contributed by atoms with Gasteiger partial charge >= 0.3 is 0 Å². The van der Waals surface area contributed by atoms with Crippen LogP contribution in [-0.2, 0) is 9.59 Å². The summed E-state index contributed by atoms with van der Waals surface area (Å²) < 4.78 is 16.3. The minimum Gasteiger partial charge on any atom is -0.479 e. The second kappa shape index (κ2) is 8.78. The number of carbonyl (C=O) groups excluding carboxylic acids is 3. The van der Waals surface area contributed by atoms with E-state index in [1.165, 1.54) is 4.90 Å². The first kappa shape index (κ1) is 21.3. The zero-order valence-electron chi connectivity index (χ0n) is 18.2. The Morgan fingerprint density at radius 2 is 1.68 bits per heavy atom. The molecule has 0 radical (unpaired) electrons. The van der Waals surface area contributed by atoms with Crippen molar-refractivity contribution in [2.75, 3.05) is 28.9 Å². The van der Waals surface area contributed by atoms with Gasteiger partial charge in [-0.25, -0.2) is 0 Å². The number of anilines is 3. The van der Waals surface area contributed by atoms with Crippen molar-refractivity contribution in [2.45, 2.75) is 13.0 Å². The second-order valence-electron chi connectivity index (χ2n) is 7.80. The number of ether oxygens (including phenoxy) is 3. The van der Waals surface area contributed by atoms with Gasteiger partial charge in [0.15, 0.2) is 17.6 Å². The van der Waals surface area contributed by atoms with Crippen LogP contribution in [0.25, 0.3) is 0 Å². The Balaban J connectivity index is 1.36. The van der Waals surface area contributed by atoms with Crippen LogP contribution in [0, 0.1) is 0 Å². The molecule has 2 aliphatic heterocycles. The molecule has 1 atom stereocenters. The minimum absolute atomic E-state index is 0.116. The number of amides is 3. The Morgan fingerprint density at radius 1 is 0.912 bits per heavy atom. The summed E-state index contributed by atoms with van der Waals surface area (Å²) in [5.74, 6) is 0.467. The minimum atomic E-state index is -0.744. The zero-order valence-corrected chi connectivity index (χ0v) is 18.2. The second-order valence-corrected chi connectivity index (χ2v) is 7.80. The Bertz CT molecular complexity index is 1280. The highest BCUT2D eigenvalue weighted by atomic mass is 16.7. The van der Waals surface area contributed by atoms with Gasteiger partial charge in [0.25, 0.3) is 11.8 Å². The molecule has 3 aromatic rings. The molecule has 3 amide bonds. The number of carbonyl (C=O) groups is 3. The van der Waals surface area contributed by atoms with E-state index in [4.69, 9.17) is 14.2 Å². The topological polar surface area (TPSA) is 106 Å². The van der Waals surface area contributed by atoms with E-state index < -0.39 is 6.10 Å². The van der Waals surface area contributed by atoms with E-state index in [9.17, 15) is 14.4 Å². The molecule has 9 nitrogen and oxygen atoms in total. The highest BCUT2D eigenvalue weighted by Gasteiger charge is 2.33. The summed E-state index contributed by atoms with van der Waals surface area (Å²) in [6.45, 7) is 1.54. The highest BCUT2D eigenvalue weighted by Crippen LogP contribution is 2.37. The molecular weight excluding hydrogens is 438 g/mol. The van der Waals surface area contributed by atoms with Gasteiger partial charge in [-0.2, -0.15) is 0 Å². The summed E-state index contributed by atoms with van der Waals surface area (Å²) >= 11 is 0. The first-order valence-electron chi connectivity index (χ1n) is 10.7. The molecule has 0 spiro atoms. The van der Waals surface area contributed by atoms with Crippen LogP contribution in [-0.4, -0.2) is 37.2 Å². The largest absolute Gasteiger partial charge is 0.479 e. The number of hydrogen-bond donors (Lipinski definition) is 2. The van der Waals surface area contributed by atoms with Crippen LogP contribution < -0.4 is 29.7 Å². The summed E-state index contributed by atoms with van der Waals surface area (Å²) in [5.41, 5.74) is 1.86. The maximum Gasteiger partial charge on any atom is 0.268 e. The first-order chi connectivity index (χ1) is 16.5. The van der Waals surface area contributed by atoms with Gasteiger partial charge in [-0.15, -0.1) is 0 Å². The van der Waals surface area contributed by atoms with Gasteiger partial charge in [-0.3, -0.25) is 19.3 Å². The average Bonchev–Trinajstić information content (AvgIpc) is 3.31. The number of nitrogens with zero attached hydrogens (tertiary/aromatic N) is 1. The van der Waals surface area contributed by atoms with Crippen LogP contribution in [0.4, 0.5) is 17.1 Å². The van der Waals surface area contributed by atoms with Crippen LogP contribution in [0.5, 0.6) is 17.2 Å². The van der Waals surface area contributed by atoms with Crippen molar-refractivity contribution >= 4 is 34.8 Å². The van der Waals surface area contributed by atoms with E-state index in [0.717, 1.165) is 0 Å². The third kappa shape index (κ3) is 4.23. The fourth-order valence-electron chi connectivity index (χ4n) is 3.75. The summed E-state index contributed by atoms with van der Waals surface area (Å²) in [6, 6.07) is 18.8. The van der Waals surface area contributed by atoms with Gasteiger partial charge in [-0.05, 0) is 55.5 Å². The van der Waals surface area contributed by atoms with Gasteiger partial charge in [0.1, 0.15) is 12.3 Å². The van der Waals surface area contributed by atoms with Crippen molar-refractivity contribution in [1.29, 1.82) is 0 Å². The molecule has 34 heavy (non-hydrogen) atoms. The van der Waals surface area contributed by atoms with E-state index in [2.05, 4.69) is 10.6 Å². The van der Waals surface area contributed by atoms with Crippen molar-refractivity contribution in [3.63, 3.8) is 0 Å². The summed E-state index contributed by atoms with van der Waals surface area (Å²) in [7, 11) is 0. The van der Waals surface area contributed by atoms with Gasteiger partial charge in [0.2, 0.25) is 12.7 Å². The standard InChI is InChI=1S/C25H21N3O6/c1-15-25(31)28(13-23(29)26-17-5-3-2-4-6-17)19-12-18(8-10-20(19)34-15)27-24(30)16-7-9-21-22(11-16)33-14-32-21/h2-12,15H,13-14H2,1H3,(H,26,29)(H,27,30). The van der Waals surface area contributed by atoms with E-state index in [-0.39, 0.29) is 31.1 Å². The van der Waals surface area contributed by atoms with E-state index >= 15 is 0 Å². The molecule has 2 aliphatic rings. The van der Waals surface area contributed by atoms with Crippen LogP contribution in [0.3, 0.4) is 0 Å². The van der Waals surface area contributed by atoms with Gasteiger partial charge in [0, 0.05) is 16.9 Å². The number of rotatable bonds is 5. The molecule has 0 saturated heterocycles. The Labute approximate surface area is 195 Å². The lowest BCUT2D eigenvalue weighted by atomic mass is 10.1. The van der Waals surface area contributed by atoms with E-state index in [0.29, 0.717) is 39.9 Å². The molecule has 3 aromatic carbocycles. The number of hydrogen-bond acceptors (Lipinski definition) is 6. The van der Waals surface area contributed by atoms with Crippen LogP contribution in [0.1, 0.15) is 17.3 Å². The van der Waals surface area contributed by atoms with Crippen molar-refractivity contribution < 1.29 is 28.6 Å². The maximum absolute atomic E-state index is 12.8. The summed E-state index contributed by atoms with van der Waals surface area (Å²) in [4.78, 5) is 39.6. The van der Waals surface area contributed by atoms with Gasteiger partial charge in [-0.1, -0.05) is 18.2 Å². The normalized spacial score (nSPS) is 15.9. The van der Waals surface area contributed by atoms with Crippen LogP contribution in [0.2, 0.25) is 0 Å². The van der Waals surface area contributed by atoms with Crippen LogP contribution >= 0.6 is 0 Å². The third-order valence-electron chi connectivity index (χ3n) is 5.42. The molecule has 9 heteroatoms. The lowest BCUT2D eigenvalue weighted by molar-refractivity contribution is -0.127. The highest BCUT2D eigenvalue weighted by molar-refractivity contribution is 6.08.